The minimum Gasteiger partial charge on any atom is -0.464 e. The van der Waals surface area contributed by atoms with Gasteiger partial charge in [0.2, 0.25) is 0 Å². The van der Waals surface area contributed by atoms with Gasteiger partial charge in [-0.05, 0) is 62.2 Å². The molecule has 6 nitrogen and oxygen atoms in total. The largest absolute Gasteiger partial charge is 0.464 e. The van der Waals surface area contributed by atoms with E-state index in [4.69, 9.17) is 9.47 Å². The number of hydrogen-bond acceptors (Lipinski definition) is 6. The number of amides is 1. The minimum absolute atomic E-state index is 0.138. The Balaban J connectivity index is 1.45. The van der Waals surface area contributed by atoms with E-state index in [1.54, 1.807) is 6.92 Å². The third-order valence-corrected chi connectivity index (χ3v) is 7.03. The molecule has 1 aromatic carbocycles. The van der Waals surface area contributed by atoms with Gasteiger partial charge in [-0.1, -0.05) is 55.7 Å². The van der Waals surface area contributed by atoms with Crippen LogP contribution in [0.4, 0.5) is 4.79 Å². The predicted octanol–water partition coefficient (Wildman–Crippen LogP) is 4.99. The molecule has 0 aliphatic carbocycles. The van der Waals surface area contributed by atoms with Crippen molar-refractivity contribution in [2.45, 2.75) is 57.6 Å². The molecule has 1 aliphatic heterocycles. The maximum Gasteiger partial charge on any atom is 0.408 e. The Morgan fingerprint density at radius 1 is 1.06 bits per heavy atom. The maximum absolute atomic E-state index is 13.0. The first-order valence-electron chi connectivity index (χ1n) is 11.5. The Kier molecular flexibility index (Phi) is 9.56. The van der Waals surface area contributed by atoms with Crippen molar-refractivity contribution in [1.29, 1.82) is 0 Å². The summed E-state index contributed by atoms with van der Waals surface area (Å²) in [6, 6.07) is 13.1. The van der Waals surface area contributed by atoms with E-state index in [1.165, 1.54) is 30.6 Å². The predicted molar refractivity (Wildman–Crippen MR) is 126 cm³/mol. The van der Waals surface area contributed by atoms with Crippen LogP contribution in [0.2, 0.25) is 0 Å². The van der Waals surface area contributed by atoms with E-state index >= 15 is 0 Å². The maximum atomic E-state index is 13.0. The van der Waals surface area contributed by atoms with Gasteiger partial charge in [0.05, 0.1) is 6.61 Å². The Morgan fingerprint density at radius 2 is 1.84 bits per heavy atom. The Hall–Kier alpha value is -2.38. The molecule has 174 valence electrons. The average molecular weight is 459 g/mol. The molecule has 2 aromatic rings. The summed E-state index contributed by atoms with van der Waals surface area (Å²) in [5.74, 6) is 0.363. The van der Waals surface area contributed by atoms with Crippen LogP contribution in [0.3, 0.4) is 0 Å². The number of esters is 1. The van der Waals surface area contributed by atoms with Crippen LogP contribution in [-0.2, 0) is 26.4 Å². The quantitative estimate of drug-likeness (QED) is 0.366. The second-order valence-corrected chi connectivity index (χ2v) is 9.42. The fourth-order valence-corrected chi connectivity index (χ4v) is 4.76. The van der Waals surface area contributed by atoms with E-state index in [0.717, 1.165) is 43.8 Å². The van der Waals surface area contributed by atoms with Crippen molar-refractivity contribution in [1.82, 2.24) is 10.6 Å². The molecule has 0 bridgehead atoms. The van der Waals surface area contributed by atoms with Crippen molar-refractivity contribution < 1.29 is 19.1 Å². The molecule has 1 fully saturated rings. The van der Waals surface area contributed by atoms with Crippen LogP contribution in [0.1, 0.15) is 55.9 Å². The molecule has 1 aliphatic rings. The second-order valence-electron chi connectivity index (χ2n) is 8.47. The average Bonchev–Trinajstić information content (AvgIpc) is 3.37. The van der Waals surface area contributed by atoms with Crippen LogP contribution in [0.5, 0.6) is 0 Å². The van der Waals surface area contributed by atoms with Crippen molar-refractivity contribution in [3.63, 3.8) is 0 Å². The SMILES string of the molecule is CC(NC(=O)OCc1ccccc1)(C(=O)OCCCCCC1CCNCC1)c1cccs1. The minimum atomic E-state index is -1.28. The van der Waals surface area contributed by atoms with Gasteiger partial charge in [-0.25, -0.2) is 9.59 Å². The molecule has 32 heavy (non-hydrogen) atoms. The summed E-state index contributed by atoms with van der Waals surface area (Å²) in [6.45, 7) is 4.42. The van der Waals surface area contributed by atoms with Crippen molar-refractivity contribution in [3.05, 3.63) is 58.3 Å². The summed E-state index contributed by atoms with van der Waals surface area (Å²) in [5.41, 5.74) is -0.399. The van der Waals surface area contributed by atoms with Crippen LogP contribution in [0, 0.1) is 5.92 Å². The highest BCUT2D eigenvalue weighted by molar-refractivity contribution is 7.10. The Morgan fingerprint density at radius 3 is 2.56 bits per heavy atom. The van der Waals surface area contributed by atoms with Gasteiger partial charge in [-0.15, -0.1) is 11.3 Å². The van der Waals surface area contributed by atoms with E-state index in [-0.39, 0.29) is 6.61 Å². The summed E-state index contributed by atoms with van der Waals surface area (Å²) >= 11 is 1.40. The van der Waals surface area contributed by atoms with Gasteiger partial charge in [-0.3, -0.25) is 0 Å². The van der Waals surface area contributed by atoms with E-state index < -0.39 is 17.6 Å². The Bertz CT molecular complexity index is 822. The smallest absolute Gasteiger partial charge is 0.408 e. The Labute approximate surface area is 194 Å². The molecule has 0 saturated carbocycles. The molecule has 3 rings (SSSR count). The topological polar surface area (TPSA) is 76.7 Å². The summed E-state index contributed by atoms with van der Waals surface area (Å²) in [6.07, 6.45) is 6.16. The molecule has 2 heterocycles. The molecule has 1 aromatic heterocycles. The lowest BCUT2D eigenvalue weighted by Gasteiger charge is -2.27. The third-order valence-electron chi connectivity index (χ3n) is 5.94. The van der Waals surface area contributed by atoms with Gasteiger partial charge < -0.3 is 20.1 Å². The lowest BCUT2D eigenvalue weighted by Crippen LogP contribution is -2.50. The number of hydrogen-bond donors (Lipinski definition) is 2. The fourth-order valence-electron chi connectivity index (χ4n) is 3.93. The number of carbonyl (C=O) groups is 2. The third kappa shape index (κ3) is 7.35. The molecule has 7 heteroatoms. The molecule has 1 saturated heterocycles. The number of nitrogens with one attached hydrogen (secondary N) is 2. The van der Waals surface area contributed by atoms with Gasteiger partial charge in [-0.2, -0.15) is 0 Å². The lowest BCUT2D eigenvalue weighted by molar-refractivity contribution is -0.151. The number of rotatable bonds is 11. The fraction of sp³-hybridized carbons (Fsp3) is 0.520. The number of unbranched alkanes of at least 4 members (excludes halogenated alkanes) is 2. The number of thiophene rings is 1. The van der Waals surface area contributed by atoms with Gasteiger partial charge in [0.1, 0.15) is 6.61 Å². The molecule has 0 spiro atoms. The molecule has 1 unspecified atom stereocenters. The van der Waals surface area contributed by atoms with Crippen LogP contribution < -0.4 is 10.6 Å². The zero-order chi connectivity index (χ0) is 22.7. The molecular formula is C25H34N2O4S. The summed E-state index contributed by atoms with van der Waals surface area (Å²) < 4.78 is 10.9. The van der Waals surface area contributed by atoms with E-state index in [2.05, 4.69) is 10.6 Å². The van der Waals surface area contributed by atoms with E-state index in [9.17, 15) is 9.59 Å². The number of benzene rings is 1. The van der Waals surface area contributed by atoms with Crippen LogP contribution in [0.25, 0.3) is 0 Å². The first-order valence-corrected chi connectivity index (χ1v) is 12.4. The zero-order valence-electron chi connectivity index (χ0n) is 18.8. The normalized spacial score (nSPS) is 16.2. The van der Waals surface area contributed by atoms with Gasteiger partial charge in [0.25, 0.3) is 0 Å². The van der Waals surface area contributed by atoms with Gasteiger partial charge in [0, 0.05) is 4.88 Å². The van der Waals surface area contributed by atoms with Crippen molar-refractivity contribution in [2.24, 2.45) is 5.92 Å². The van der Waals surface area contributed by atoms with Crippen molar-refractivity contribution in [2.75, 3.05) is 19.7 Å². The van der Waals surface area contributed by atoms with Gasteiger partial charge >= 0.3 is 12.1 Å². The monoisotopic (exact) mass is 458 g/mol. The van der Waals surface area contributed by atoms with E-state index in [0.29, 0.717) is 11.5 Å². The van der Waals surface area contributed by atoms with Crippen LogP contribution >= 0.6 is 11.3 Å². The first-order chi connectivity index (χ1) is 15.6. The number of carbonyl (C=O) groups excluding carboxylic acids is 2. The number of ether oxygens (including phenoxy) is 2. The second kappa shape index (κ2) is 12.6. The standard InChI is InChI=1S/C25H34N2O4S/c1-25(22-12-8-18-32-22,27-24(29)31-19-21-10-4-2-5-11-21)23(28)30-17-7-3-6-9-20-13-15-26-16-14-20/h2,4-5,8,10-12,18,20,26H,3,6-7,9,13-17,19H2,1H3,(H,27,29). The molecule has 0 radical (unpaired) electrons. The molecular weight excluding hydrogens is 424 g/mol. The highest BCUT2D eigenvalue weighted by Gasteiger charge is 2.40. The van der Waals surface area contributed by atoms with Crippen LogP contribution in [-0.4, -0.2) is 31.8 Å². The highest BCUT2D eigenvalue weighted by atomic mass is 32.1. The van der Waals surface area contributed by atoms with Crippen LogP contribution in [0.15, 0.2) is 47.8 Å². The van der Waals surface area contributed by atoms with E-state index in [1.807, 2.05) is 47.8 Å². The summed E-state index contributed by atoms with van der Waals surface area (Å²) in [4.78, 5) is 26.1. The van der Waals surface area contributed by atoms with Gasteiger partial charge in [0.15, 0.2) is 5.54 Å². The summed E-state index contributed by atoms with van der Waals surface area (Å²) in [7, 11) is 0. The zero-order valence-corrected chi connectivity index (χ0v) is 19.6. The lowest BCUT2D eigenvalue weighted by atomic mass is 9.92. The summed E-state index contributed by atoms with van der Waals surface area (Å²) in [5, 5.41) is 8.00. The highest BCUT2D eigenvalue weighted by Crippen LogP contribution is 2.27. The van der Waals surface area contributed by atoms with Crippen molar-refractivity contribution in [3.8, 4) is 0 Å². The number of piperidine rings is 1. The van der Waals surface area contributed by atoms with Crippen molar-refractivity contribution >= 4 is 23.4 Å². The molecule has 1 amide bonds. The first kappa shape index (κ1) is 24.3. The number of alkyl carbamates (subject to hydrolysis) is 1. The molecule has 1 atom stereocenters. The molecule has 2 N–H and O–H groups in total.